The van der Waals surface area contributed by atoms with Gasteiger partial charge in [-0.2, -0.15) is 0 Å². The Hall–Kier alpha value is -0.740. The van der Waals surface area contributed by atoms with E-state index in [1.54, 1.807) is 0 Å². The molecular weight excluding hydrogens is 180 g/mol. The number of rotatable bonds is 4. The molecule has 0 aromatic carbocycles. The van der Waals surface area contributed by atoms with Crippen molar-refractivity contribution < 1.29 is 9.59 Å². The van der Waals surface area contributed by atoms with E-state index in [4.69, 9.17) is 0 Å². The van der Waals surface area contributed by atoms with Gasteiger partial charge in [0, 0.05) is 26.2 Å². The number of nitrogens with zero attached hydrogens (tertiary/aromatic N) is 2. The third-order valence-electron chi connectivity index (χ3n) is 2.44. The minimum absolute atomic E-state index is 0.0378. The highest BCUT2D eigenvalue weighted by Gasteiger charge is 2.16. The van der Waals surface area contributed by atoms with E-state index < -0.39 is 0 Å². The second-order valence-corrected chi connectivity index (χ2v) is 4.00. The number of carbonyl (C=O) groups excluding carboxylic acids is 2. The van der Waals surface area contributed by atoms with Crippen LogP contribution in [0, 0.1) is 0 Å². The molecule has 0 bridgehead atoms. The summed E-state index contributed by atoms with van der Waals surface area (Å²) < 4.78 is 0. The predicted octanol–water partition coefficient (Wildman–Crippen LogP) is -0.218. The smallest absolute Gasteiger partial charge is 0.154 e. The fraction of sp³-hybridized carbons (Fsp3) is 0.800. The molecule has 0 unspecified atom stereocenters. The lowest BCUT2D eigenvalue weighted by atomic mass is 10.2. The molecule has 1 aliphatic rings. The van der Waals surface area contributed by atoms with Crippen molar-refractivity contribution in [1.82, 2.24) is 9.80 Å². The number of hydrogen-bond donors (Lipinski definition) is 0. The molecule has 1 fully saturated rings. The summed E-state index contributed by atoms with van der Waals surface area (Å²) in [4.78, 5) is 26.4. The monoisotopic (exact) mass is 198 g/mol. The van der Waals surface area contributed by atoms with Crippen LogP contribution in [0.2, 0.25) is 0 Å². The van der Waals surface area contributed by atoms with Crippen LogP contribution in [0.5, 0.6) is 0 Å². The third kappa shape index (κ3) is 3.98. The largest absolute Gasteiger partial charge is 0.304 e. The van der Waals surface area contributed by atoms with Crippen LogP contribution in [0.4, 0.5) is 0 Å². The highest BCUT2D eigenvalue weighted by Crippen LogP contribution is 1.99. The molecule has 14 heavy (non-hydrogen) atoms. The summed E-state index contributed by atoms with van der Waals surface area (Å²) in [5, 5.41) is 0. The third-order valence-corrected chi connectivity index (χ3v) is 2.44. The molecule has 1 saturated heterocycles. The van der Waals surface area contributed by atoms with Gasteiger partial charge in [-0.3, -0.25) is 14.5 Å². The summed E-state index contributed by atoms with van der Waals surface area (Å²) in [6.45, 7) is 5.77. The first-order valence-electron chi connectivity index (χ1n) is 5.00. The van der Waals surface area contributed by atoms with Crippen LogP contribution in [0.15, 0.2) is 0 Å². The Balaban J connectivity index is 2.24. The summed E-state index contributed by atoms with van der Waals surface area (Å²) in [5.74, 6) is 0.00572. The molecule has 0 atom stereocenters. The fourth-order valence-corrected chi connectivity index (χ4v) is 1.59. The molecule has 1 rings (SSSR count). The van der Waals surface area contributed by atoms with E-state index in [9.17, 15) is 9.59 Å². The van der Waals surface area contributed by atoms with Crippen LogP contribution < -0.4 is 0 Å². The summed E-state index contributed by atoms with van der Waals surface area (Å²) in [6.07, 6.45) is 0.0896. The Morgan fingerprint density at radius 2 is 1.71 bits per heavy atom. The van der Waals surface area contributed by atoms with Crippen LogP contribution in [-0.4, -0.2) is 61.1 Å². The average Bonchev–Trinajstić information content (AvgIpc) is 2.07. The normalized spacial score (nSPS) is 19.6. The molecule has 1 heterocycles. The maximum atomic E-state index is 11.3. The first kappa shape index (κ1) is 11.3. The van der Waals surface area contributed by atoms with Gasteiger partial charge >= 0.3 is 0 Å². The van der Waals surface area contributed by atoms with Crippen molar-refractivity contribution in [2.45, 2.75) is 13.3 Å². The number of piperazine rings is 1. The van der Waals surface area contributed by atoms with Crippen LogP contribution in [0.3, 0.4) is 0 Å². The standard InChI is InChI=1S/C10H18N2O2/c1-9(13)7-10(14)8-12-5-3-11(2)4-6-12/h3-8H2,1-2H3. The first-order valence-corrected chi connectivity index (χ1v) is 5.00. The van der Waals surface area contributed by atoms with Gasteiger partial charge in [0.25, 0.3) is 0 Å². The molecule has 0 saturated carbocycles. The molecule has 80 valence electrons. The Kier molecular flexibility index (Phi) is 4.22. The first-order chi connectivity index (χ1) is 6.58. The maximum Gasteiger partial charge on any atom is 0.154 e. The summed E-state index contributed by atoms with van der Waals surface area (Å²) in [5.41, 5.74) is 0. The molecule has 4 nitrogen and oxygen atoms in total. The number of ketones is 2. The van der Waals surface area contributed by atoms with Gasteiger partial charge < -0.3 is 4.90 Å². The number of likely N-dealkylation sites (N-methyl/N-ethyl adjacent to an activating group) is 1. The molecule has 0 spiro atoms. The Morgan fingerprint density at radius 1 is 1.14 bits per heavy atom. The molecule has 0 radical (unpaired) electrons. The maximum absolute atomic E-state index is 11.3. The van der Waals surface area contributed by atoms with E-state index >= 15 is 0 Å². The molecule has 1 aliphatic heterocycles. The molecule has 0 amide bonds. The lowest BCUT2D eigenvalue weighted by Crippen LogP contribution is -2.46. The minimum Gasteiger partial charge on any atom is -0.304 e. The van der Waals surface area contributed by atoms with E-state index in [0.29, 0.717) is 6.54 Å². The van der Waals surface area contributed by atoms with Gasteiger partial charge in [-0.05, 0) is 14.0 Å². The Bertz CT molecular complexity index is 220. The van der Waals surface area contributed by atoms with Gasteiger partial charge in [0.1, 0.15) is 5.78 Å². The molecule has 0 aliphatic carbocycles. The van der Waals surface area contributed by atoms with Crippen LogP contribution in [0.1, 0.15) is 13.3 Å². The lowest BCUT2D eigenvalue weighted by molar-refractivity contribution is -0.126. The van der Waals surface area contributed by atoms with Crippen molar-refractivity contribution in [3.8, 4) is 0 Å². The van der Waals surface area contributed by atoms with E-state index in [2.05, 4.69) is 16.8 Å². The second-order valence-electron chi connectivity index (χ2n) is 4.00. The summed E-state index contributed by atoms with van der Waals surface area (Å²) in [7, 11) is 2.08. The molecule has 0 aromatic rings. The zero-order chi connectivity index (χ0) is 10.6. The molecule has 4 heteroatoms. The van der Waals surface area contributed by atoms with Gasteiger partial charge in [0.15, 0.2) is 5.78 Å². The van der Waals surface area contributed by atoms with Gasteiger partial charge in [-0.25, -0.2) is 0 Å². The van der Waals surface area contributed by atoms with E-state index in [0.717, 1.165) is 26.2 Å². The fourth-order valence-electron chi connectivity index (χ4n) is 1.59. The SMILES string of the molecule is CC(=O)CC(=O)CN1CCN(C)CC1. The molecular formula is C10H18N2O2. The Labute approximate surface area is 84.9 Å². The highest BCUT2D eigenvalue weighted by atomic mass is 16.1. The zero-order valence-corrected chi connectivity index (χ0v) is 8.95. The topological polar surface area (TPSA) is 40.6 Å². The van der Waals surface area contributed by atoms with Crippen LogP contribution in [0.25, 0.3) is 0 Å². The zero-order valence-electron chi connectivity index (χ0n) is 8.95. The second kappa shape index (κ2) is 5.22. The minimum atomic E-state index is -0.0378. The van der Waals surface area contributed by atoms with Crippen molar-refractivity contribution in [3.63, 3.8) is 0 Å². The van der Waals surface area contributed by atoms with Crippen molar-refractivity contribution in [3.05, 3.63) is 0 Å². The van der Waals surface area contributed by atoms with Crippen molar-refractivity contribution in [1.29, 1.82) is 0 Å². The summed E-state index contributed by atoms with van der Waals surface area (Å²) in [6, 6.07) is 0. The van der Waals surface area contributed by atoms with E-state index in [1.807, 2.05) is 0 Å². The number of Topliss-reactive ketones (excluding diaryl/α,β-unsaturated/α-hetero) is 2. The van der Waals surface area contributed by atoms with Gasteiger partial charge in [0.2, 0.25) is 0 Å². The van der Waals surface area contributed by atoms with Gasteiger partial charge in [-0.1, -0.05) is 0 Å². The van der Waals surface area contributed by atoms with Crippen molar-refractivity contribution in [2.75, 3.05) is 39.8 Å². The van der Waals surface area contributed by atoms with Crippen LogP contribution >= 0.6 is 0 Å². The Morgan fingerprint density at radius 3 is 2.21 bits per heavy atom. The van der Waals surface area contributed by atoms with Gasteiger partial charge in [0.05, 0.1) is 13.0 Å². The van der Waals surface area contributed by atoms with E-state index in [-0.39, 0.29) is 18.0 Å². The lowest BCUT2D eigenvalue weighted by Gasteiger charge is -2.31. The van der Waals surface area contributed by atoms with Crippen molar-refractivity contribution in [2.24, 2.45) is 0 Å². The van der Waals surface area contributed by atoms with Crippen molar-refractivity contribution >= 4 is 11.6 Å². The van der Waals surface area contributed by atoms with Gasteiger partial charge in [-0.15, -0.1) is 0 Å². The molecule has 0 aromatic heterocycles. The summed E-state index contributed by atoms with van der Waals surface area (Å²) >= 11 is 0. The number of carbonyl (C=O) groups is 2. The molecule has 0 N–H and O–H groups in total. The predicted molar refractivity (Wildman–Crippen MR) is 54.2 cm³/mol. The number of hydrogen-bond acceptors (Lipinski definition) is 4. The highest BCUT2D eigenvalue weighted by molar-refractivity contribution is 5.98. The van der Waals surface area contributed by atoms with Crippen LogP contribution in [-0.2, 0) is 9.59 Å². The quantitative estimate of drug-likeness (QED) is 0.586. The van der Waals surface area contributed by atoms with E-state index in [1.165, 1.54) is 6.92 Å². The average molecular weight is 198 g/mol.